The molecule has 1 aromatic carbocycles. The average Bonchev–Trinajstić information content (AvgIpc) is 3.25. The molecule has 2 heterocycles. The van der Waals surface area contributed by atoms with Crippen LogP contribution >= 0.6 is 11.8 Å². The third kappa shape index (κ3) is 6.33. The molecule has 7 nitrogen and oxygen atoms in total. The van der Waals surface area contributed by atoms with E-state index in [0.717, 1.165) is 37.2 Å². The van der Waals surface area contributed by atoms with E-state index in [1.165, 1.54) is 6.26 Å². The number of rotatable bonds is 9. The Bertz CT molecular complexity index is 790. The number of nitrogens with zero attached hydrogens (tertiary/aromatic N) is 1. The molecule has 2 N–H and O–H groups in total. The summed E-state index contributed by atoms with van der Waals surface area (Å²) in [6.07, 6.45) is 3.23. The van der Waals surface area contributed by atoms with Crippen LogP contribution < -0.4 is 10.6 Å². The Kier molecular flexibility index (Phi) is 8.13. The average molecular weight is 418 g/mol. The van der Waals surface area contributed by atoms with Gasteiger partial charge in [0.2, 0.25) is 0 Å². The molecule has 1 aromatic heterocycles. The van der Waals surface area contributed by atoms with Crippen LogP contribution in [0.3, 0.4) is 0 Å². The van der Waals surface area contributed by atoms with Crippen molar-refractivity contribution in [2.24, 2.45) is 0 Å². The van der Waals surface area contributed by atoms with Crippen molar-refractivity contribution in [2.75, 3.05) is 25.4 Å². The third-order valence-electron chi connectivity index (χ3n) is 4.72. The maximum atomic E-state index is 12.6. The summed E-state index contributed by atoms with van der Waals surface area (Å²) in [7, 11) is 0. The van der Waals surface area contributed by atoms with Gasteiger partial charge in [-0.15, -0.1) is 0 Å². The van der Waals surface area contributed by atoms with E-state index in [1.807, 2.05) is 30.3 Å². The van der Waals surface area contributed by atoms with Crippen LogP contribution in [0.2, 0.25) is 0 Å². The maximum absolute atomic E-state index is 12.6. The summed E-state index contributed by atoms with van der Waals surface area (Å²) >= 11 is 1.57. The Morgan fingerprint density at radius 3 is 2.79 bits per heavy atom. The minimum Gasteiger partial charge on any atom is -0.464 e. The fourth-order valence-electron chi connectivity index (χ4n) is 3.16. The molecule has 1 fully saturated rings. The first-order chi connectivity index (χ1) is 14.2. The number of hydrogen-bond donors (Lipinski definition) is 2. The summed E-state index contributed by atoms with van der Waals surface area (Å²) in [5.74, 6) is 1.10. The minimum absolute atomic E-state index is 0.195. The number of aromatic nitrogens is 1. The molecule has 1 atom stereocenters. The largest absolute Gasteiger partial charge is 0.464 e. The number of esters is 1. The standard InChI is InChI=1S/C21H27N3O4S/c1-2-27-21(26)18(14-29-13-15-6-4-3-5-7-15)23-19(25)17-12-28-20(24-17)16-8-10-22-11-9-16/h3-7,12,16,18,22H,2,8-11,13-14H2,1H3,(H,23,25). The molecule has 0 aliphatic carbocycles. The van der Waals surface area contributed by atoms with Gasteiger partial charge in [-0.05, 0) is 38.4 Å². The van der Waals surface area contributed by atoms with Crippen molar-refractivity contribution in [3.05, 3.63) is 53.7 Å². The van der Waals surface area contributed by atoms with E-state index in [1.54, 1.807) is 18.7 Å². The predicted molar refractivity (Wildman–Crippen MR) is 112 cm³/mol. The highest BCUT2D eigenvalue weighted by Gasteiger charge is 2.26. The lowest BCUT2D eigenvalue weighted by atomic mass is 9.98. The minimum atomic E-state index is -0.741. The molecule has 1 aliphatic rings. The van der Waals surface area contributed by atoms with Crippen LogP contribution in [-0.2, 0) is 15.3 Å². The van der Waals surface area contributed by atoms with Crippen molar-refractivity contribution in [3.63, 3.8) is 0 Å². The van der Waals surface area contributed by atoms with Crippen molar-refractivity contribution in [2.45, 2.75) is 37.5 Å². The fraction of sp³-hybridized carbons (Fsp3) is 0.476. The quantitative estimate of drug-likeness (QED) is 0.606. The van der Waals surface area contributed by atoms with Crippen LogP contribution in [0.25, 0.3) is 0 Å². The van der Waals surface area contributed by atoms with Crippen LogP contribution in [0.4, 0.5) is 0 Å². The fourth-order valence-corrected chi connectivity index (χ4v) is 4.16. The van der Waals surface area contributed by atoms with Crippen molar-refractivity contribution < 1.29 is 18.7 Å². The molecule has 2 aromatic rings. The van der Waals surface area contributed by atoms with Gasteiger partial charge in [0.15, 0.2) is 11.6 Å². The zero-order valence-corrected chi connectivity index (χ0v) is 17.4. The first-order valence-corrected chi connectivity index (χ1v) is 11.1. The van der Waals surface area contributed by atoms with Crippen molar-refractivity contribution in [1.82, 2.24) is 15.6 Å². The lowest BCUT2D eigenvalue weighted by Gasteiger charge is -2.19. The molecule has 3 rings (SSSR count). The van der Waals surface area contributed by atoms with Gasteiger partial charge in [-0.1, -0.05) is 30.3 Å². The second kappa shape index (κ2) is 11.0. The van der Waals surface area contributed by atoms with Crippen molar-refractivity contribution in [3.8, 4) is 0 Å². The van der Waals surface area contributed by atoms with E-state index >= 15 is 0 Å². The van der Waals surface area contributed by atoms with Crippen molar-refractivity contribution >= 4 is 23.6 Å². The number of oxazole rings is 1. The number of ether oxygens (including phenoxy) is 1. The molecular weight excluding hydrogens is 390 g/mol. The Labute approximate surface area is 175 Å². The third-order valence-corrected chi connectivity index (χ3v) is 5.82. The molecular formula is C21H27N3O4S. The molecule has 0 saturated carbocycles. The number of nitrogens with one attached hydrogen (secondary N) is 2. The lowest BCUT2D eigenvalue weighted by molar-refractivity contribution is -0.144. The number of amides is 1. The number of thioether (sulfide) groups is 1. The molecule has 1 saturated heterocycles. The molecule has 0 radical (unpaired) electrons. The smallest absolute Gasteiger partial charge is 0.329 e. The summed E-state index contributed by atoms with van der Waals surface area (Å²) in [5, 5.41) is 6.04. The molecule has 8 heteroatoms. The number of hydrogen-bond acceptors (Lipinski definition) is 7. The molecule has 1 aliphatic heterocycles. The molecule has 29 heavy (non-hydrogen) atoms. The monoisotopic (exact) mass is 417 g/mol. The summed E-state index contributed by atoms with van der Waals surface area (Å²) in [6, 6.07) is 9.24. The summed E-state index contributed by atoms with van der Waals surface area (Å²) in [4.78, 5) is 29.3. The van der Waals surface area contributed by atoms with Gasteiger partial charge in [0.1, 0.15) is 12.3 Å². The van der Waals surface area contributed by atoms with Crippen LogP contribution in [0, 0.1) is 0 Å². The van der Waals surface area contributed by atoms with Gasteiger partial charge in [-0.3, -0.25) is 4.79 Å². The van der Waals surface area contributed by atoms with Crippen molar-refractivity contribution in [1.29, 1.82) is 0 Å². The topological polar surface area (TPSA) is 93.5 Å². The predicted octanol–water partition coefficient (Wildman–Crippen LogP) is 2.74. The van der Waals surface area contributed by atoms with Gasteiger partial charge in [0.05, 0.1) is 6.61 Å². The highest BCUT2D eigenvalue weighted by molar-refractivity contribution is 7.98. The van der Waals surface area contributed by atoms with Crippen LogP contribution in [-0.4, -0.2) is 48.4 Å². The molecule has 0 spiro atoms. The first-order valence-electron chi connectivity index (χ1n) is 9.92. The molecule has 0 bridgehead atoms. The number of piperidine rings is 1. The van der Waals surface area contributed by atoms with Gasteiger partial charge in [0.25, 0.3) is 5.91 Å². The lowest BCUT2D eigenvalue weighted by Crippen LogP contribution is -2.43. The summed E-state index contributed by atoms with van der Waals surface area (Å²) in [6.45, 7) is 3.84. The number of carbonyl (C=O) groups excluding carboxylic acids is 2. The second-order valence-corrected chi connectivity index (χ2v) is 7.90. The Morgan fingerprint density at radius 1 is 1.31 bits per heavy atom. The van der Waals surface area contributed by atoms with E-state index in [-0.39, 0.29) is 18.2 Å². The van der Waals surface area contributed by atoms with E-state index in [4.69, 9.17) is 9.15 Å². The molecule has 1 amide bonds. The van der Waals surface area contributed by atoms with E-state index in [9.17, 15) is 9.59 Å². The zero-order valence-electron chi connectivity index (χ0n) is 16.6. The van der Waals surface area contributed by atoms with Gasteiger partial charge < -0.3 is 19.8 Å². The normalized spacial score (nSPS) is 15.6. The van der Waals surface area contributed by atoms with Gasteiger partial charge in [-0.25, -0.2) is 9.78 Å². The highest BCUT2D eigenvalue weighted by atomic mass is 32.2. The number of benzene rings is 1. The summed E-state index contributed by atoms with van der Waals surface area (Å²) < 4.78 is 10.7. The van der Waals surface area contributed by atoms with Gasteiger partial charge >= 0.3 is 5.97 Å². The Hall–Kier alpha value is -2.32. The van der Waals surface area contributed by atoms with Gasteiger partial charge in [-0.2, -0.15) is 11.8 Å². The zero-order chi connectivity index (χ0) is 20.5. The maximum Gasteiger partial charge on any atom is 0.329 e. The van der Waals surface area contributed by atoms with Crippen LogP contribution in [0.1, 0.15) is 47.6 Å². The van der Waals surface area contributed by atoms with E-state index < -0.39 is 17.9 Å². The van der Waals surface area contributed by atoms with Crippen LogP contribution in [0.5, 0.6) is 0 Å². The van der Waals surface area contributed by atoms with E-state index in [2.05, 4.69) is 15.6 Å². The Morgan fingerprint density at radius 2 is 2.07 bits per heavy atom. The Balaban J connectivity index is 1.58. The first kappa shape index (κ1) is 21.4. The SMILES string of the molecule is CCOC(=O)C(CSCc1ccccc1)NC(=O)c1coc(C2CCNCC2)n1. The second-order valence-electron chi connectivity index (χ2n) is 6.87. The highest BCUT2D eigenvalue weighted by Crippen LogP contribution is 2.24. The molecule has 1 unspecified atom stereocenters. The number of carbonyl (C=O) groups is 2. The molecule has 156 valence electrons. The summed E-state index contributed by atoms with van der Waals surface area (Å²) in [5.41, 5.74) is 1.36. The van der Waals surface area contributed by atoms with Gasteiger partial charge in [0, 0.05) is 17.4 Å². The van der Waals surface area contributed by atoms with Crippen LogP contribution in [0.15, 0.2) is 41.0 Å². The van der Waals surface area contributed by atoms with E-state index in [0.29, 0.717) is 11.6 Å².